The first-order valence-electron chi connectivity index (χ1n) is 8.31. The number of anilines is 2. The van der Waals surface area contributed by atoms with Gasteiger partial charge in [0.1, 0.15) is 0 Å². The lowest BCUT2D eigenvalue weighted by molar-refractivity contribution is 0.0996. The highest BCUT2D eigenvalue weighted by Gasteiger charge is 2.28. The molecule has 0 fully saturated rings. The Bertz CT molecular complexity index is 704. The Kier molecular flexibility index (Phi) is 4.37. The average Bonchev–Trinajstić information content (AvgIpc) is 2.90. The number of nitrogens with zero attached hydrogens (tertiary/aromatic N) is 2. The van der Waals surface area contributed by atoms with Gasteiger partial charge in [-0.3, -0.25) is 4.79 Å². The van der Waals surface area contributed by atoms with Crippen LogP contribution in [0.15, 0.2) is 42.5 Å². The van der Waals surface area contributed by atoms with E-state index in [1.165, 1.54) is 18.4 Å². The Morgan fingerprint density at radius 2 is 1.83 bits per heavy atom. The SMILES string of the molecule is CCCCc1ccc(N2Cc3cc(N(C)C)ccc3C2=O)cc1. The second kappa shape index (κ2) is 6.45. The van der Waals surface area contributed by atoms with Crippen molar-refractivity contribution in [3.8, 4) is 0 Å². The van der Waals surface area contributed by atoms with Gasteiger partial charge >= 0.3 is 0 Å². The molecule has 0 bridgehead atoms. The molecule has 0 aromatic heterocycles. The Morgan fingerprint density at radius 3 is 2.48 bits per heavy atom. The summed E-state index contributed by atoms with van der Waals surface area (Å²) in [6, 6.07) is 14.5. The topological polar surface area (TPSA) is 23.6 Å². The molecule has 0 saturated heterocycles. The van der Waals surface area contributed by atoms with Crippen molar-refractivity contribution in [2.24, 2.45) is 0 Å². The van der Waals surface area contributed by atoms with Crippen LogP contribution in [-0.4, -0.2) is 20.0 Å². The van der Waals surface area contributed by atoms with E-state index >= 15 is 0 Å². The second-order valence-corrected chi connectivity index (χ2v) is 6.40. The average molecular weight is 308 g/mol. The van der Waals surface area contributed by atoms with Crippen molar-refractivity contribution in [1.82, 2.24) is 0 Å². The lowest BCUT2D eigenvalue weighted by Gasteiger charge is -2.16. The molecule has 0 radical (unpaired) electrons. The molecule has 2 aromatic rings. The number of unbranched alkanes of at least 4 members (excludes halogenated alkanes) is 1. The lowest BCUT2D eigenvalue weighted by atomic mass is 10.1. The number of rotatable bonds is 5. The summed E-state index contributed by atoms with van der Waals surface area (Å²) in [5.41, 5.74) is 5.39. The number of benzene rings is 2. The minimum absolute atomic E-state index is 0.103. The zero-order valence-electron chi connectivity index (χ0n) is 14.2. The number of amides is 1. The minimum atomic E-state index is 0.103. The first-order chi connectivity index (χ1) is 11.1. The fraction of sp³-hybridized carbons (Fsp3) is 0.350. The van der Waals surface area contributed by atoms with E-state index in [0.717, 1.165) is 28.9 Å². The van der Waals surface area contributed by atoms with E-state index in [2.05, 4.69) is 42.2 Å². The van der Waals surface area contributed by atoms with Crippen LogP contribution in [0.5, 0.6) is 0 Å². The van der Waals surface area contributed by atoms with Gasteiger partial charge in [0.2, 0.25) is 0 Å². The number of hydrogen-bond donors (Lipinski definition) is 0. The van der Waals surface area contributed by atoms with Gasteiger partial charge in [-0.2, -0.15) is 0 Å². The summed E-state index contributed by atoms with van der Waals surface area (Å²) in [6.45, 7) is 2.86. The van der Waals surface area contributed by atoms with Crippen LogP contribution in [0.1, 0.15) is 41.3 Å². The molecular weight excluding hydrogens is 284 g/mol. The van der Waals surface area contributed by atoms with Gasteiger partial charge in [0.25, 0.3) is 5.91 Å². The number of fused-ring (bicyclic) bond motifs is 1. The highest BCUT2D eigenvalue weighted by molar-refractivity contribution is 6.10. The van der Waals surface area contributed by atoms with E-state index in [4.69, 9.17) is 0 Å². The van der Waals surface area contributed by atoms with Crippen molar-refractivity contribution in [3.05, 3.63) is 59.2 Å². The quantitative estimate of drug-likeness (QED) is 0.824. The van der Waals surface area contributed by atoms with Crippen molar-refractivity contribution >= 4 is 17.3 Å². The van der Waals surface area contributed by atoms with Crippen LogP contribution >= 0.6 is 0 Å². The first-order valence-corrected chi connectivity index (χ1v) is 8.31. The molecule has 0 unspecified atom stereocenters. The summed E-state index contributed by atoms with van der Waals surface area (Å²) in [6.07, 6.45) is 3.52. The van der Waals surface area contributed by atoms with E-state index in [9.17, 15) is 4.79 Å². The number of hydrogen-bond acceptors (Lipinski definition) is 2. The van der Waals surface area contributed by atoms with E-state index in [1.54, 1.807) is 0 Å². The summed E-state index contributed by atoms with van der Waals surface area (Å²) in [5.74, 6) is 0.103. The Morgan fingerprint density at radius 1 is 1.09 bits per heavy atom. The smallest absolute Gasteiger partial charge is 0.258 e. The van der Waals surface area contributed by atoms with Gasteiger partial charge in [-0.25, -0.2) is 0 Å². The van der Waals surface area contributed by atoms with Gasteiger partial charge in [-0.05, 0) is 54.3 Å². The Balaban J connectivity index is 1.81. The molecule has 1 aliphatic heterocycles. The summed E-state index contributed by atoms with van der Waals surface area (Å²) in [4.78, 5) is 16.6. The summed E-state index contributed by atoms with van der Waals surface area (Å²) in [7, 11) is 4.04. The van der Waals surface area contributed by atoms with Gasteiger partial charge in [0.15, 0.2) is 0 Å². The molecule has 0 aliphatic carbocycles. The maximum atomic E-state index is 12.6. The molecule has 23 heavy (non-hydrogen) atoms. The molecule has 0 spiro atoms. The predicted octanol–water partition coefficient (Wildman–Crippen LogP) is 4.26. The third kappa shape index (κ3) is 3.09. The third-order valence-corrected chi connectivity index (χ3v) is 4.48. The zero-order chi connectivity index (χ0) is 16.4. The maximum Gasteiger partial charge on any atom is 0.258 e. The van der Waals surface area contributed by atoms with Gasteiger partial charge in [0, 0.05) is 31.0 Å². The van der Waals surface area contributed by atoms with Crippen LogP contribution in [0.25, 0.3) is 0 Å². The number of aryl methyl sites for hydroxylation is 1. The van der Waals surface area contributed by atoms with Crippen molar-refractivity contribution in [2.75, 3.05) is 23.9 Å². The molecule has 1 heterocycles. The van der Waals surface area contributed by atoms with Gasteiger partial charge in [-0.1, -0.05) is 25.5 Å². The number of carbonyl (C=O) groups is 1. The Hall–Kier alpha value is -2.29. The van der Waals surface area contributed by atoms with Crippen molar-refractivity contribution < 1.29 is 4.79 Å². The van der Waals surface area contributed by atoms with Gasteiger partial charge < -0.3 is 9.80 Å². The molecule has 0 N–H and O–H groups in total. The van der Waals surface area contributed by atoms with E-state index in [0.29, 0.717) is 6.54 Å². The molecule has 0 saturated carbocycles. The Labute approximate surface area is 138 Å². The molecule has 3 rings (SSSR count). The van der Waals surface area contributed by atoms with Crippen molar-refractivity contribution in [3.63, 3.8) is 0 Å². The number of carbonyl (C=O) groups excluding carboxylic acids is 1. The molecular formula is C20H24N2O. The normalized spacial score (nSPS) is 13.3. The van der Waals surface area contributed by atoms with Crippen LogP contribution in [0, 0.1) is 0 Å². The first kappa shape index (κ1) is 15.6. The zero-order valence-corrected chi connectivity index (χ0v) is 14.2. The van der Waals surface area contributed by atoms with Crippen LogP contribution < -0.4 is 9.80 Å². The molecule has 3 heteroatoms. The fourth-order valence-electron chi connectivity index (χ4n) is 3.02. The molecule has 2 aromatic carbocycles. The lowest BCUT2D eigenvalue weighted by Crippen LogP contribution is -2.22. The molecule has 0 atom stereocenters. The van der Waals surface area contributed by atoms with E-state index in [-0.39, 0.29) is 5.91 Å². The summed E-state index contributed by atoms with van der Waals surface area (Å²) in [5, 5.41) is 0. The third-order valence-electron chi connectivity index (χ3n) is 4.48. The second-order valence-electron chi connectivity index (χ2n) is 6.40. The van der Waals surface area contributed by atoms with Crippen LogP contribution in [0.2, 0.25) is 0 Å². The molecule has 1 aliphatic rings. The van der Waals surface area contributed by atoms with Crippen LogP contribution in [0.3, 0.4) is 0 Å². The standard InChI is InChI=1S/C20H24N2O/c1-4-5-6-15-7-9-17(10-8-15)22-14-16-13-18(21(2)3)11-12-19(16)20(22)23/h7-13H,4-6,14H2,1-3H3. The molecule has 1 amide bonds. The monoisotopic (exact) mass is 308 g/mol. The highest BCUT2D eigenvalue weighted by Crippen LogP contribution is 2.30. The predicted molar refractivity (Wildman–Crippen MR) is 96.3 cm³/mol. The van der Waals surface area contributed by atoms with Crippen LogP contribution in [-0.2, 0) is 13.0 Å². The summed E-state index contributed by atoms with van der Waals surface area (Å²) >= 11 is 0. The van der Waals surface area contributed by atoms with Crippen molar-refractivity contribution in [1.29, 1.82) is 0 Å². The fourth-order valence-corrected chi connectivity index (χ4v) is 3.02. The highest BCUT2D eigenvalue weighted by atomic mass is 16.2. The van der Waals surface area contributed by atoms with E-state index in [1.807, 2.05) is 31.1 Å². The minimum Gasteiger partial charge on any atom is -0.378 e. The molecule has 3 nitrogen and oxygen atoms in total. The van der Waals surface area contributed by atoms with E-state index < -0.39 is 0 Å². The summed E-state index contributed by atoms with van der Waals surface area (Å²) < 4.78 is 0. The largest absolute Gasteiger partial charge is 0.378 e. The molecule has 120 valence electrons. The van der Waals surface area contributed by atoms with Gasteiger partial charge in [-0.15, -0.1) is 0 Å². The maximum absolute atomic E-state index is 12.6. The van der Waals surface area contributed by atoms with Crippen molar-refractivity contribution in [2.45, 2.75) is 32.7 Å². The van der Waals surface area contributed by atoms with Crippen LogP contribution in [0.4, 0.5) is 11.4 Å². The van der Waals surface area contributed by atoms with Gasteiger partial charge in [0.05, 0.1) is 6.54 Å².